The van der Waals surface area contributed by atoms with Crippen LogP contribution in [-0.4, -0.2) is 63.6 Å². The number of hydrogen-bond acceptors (Lipinski definition) is 20. The number of hydrogen-bond donors (Lipinski definition) is 6. The summed E-state index contributed by atoms with van der Waals surface area (Å²) in [6, 6.07) is 23.2. The number of aromatic nitrogens is 2. The summed E-state index contributed by atoms with van der Waals surface area (Å²) in [7, 11) is -7.75. The fourth-order valence-electron chi connectivity index (χ4n) is 6.13. The maximum Gasteiger partial charge on any atom is 0.295 e. The molecule has 0 atom stereocenters. The molecule has 0 fully saturated rings. The molecule has 0 saturated heterocycles. The van der Waals surface area contributed by atoms with E-state index in [1.807, 2.05) is 0 Å². The zero-order chi connectivity index (χ0) is 45.1. The molecule has 0 aliphatic heterocycles. The number of benzene rings is 6. The van der Waals surface area contributed by atoms with Gasteiger partial charge in [-0.1, -0.05) is 17.2 Å². The number of ether oxygens (including phenoxy) is 1. The van der Waals surface area contributed by atoms with E-state index in [1.165, 1.54) is 37.4 Å². The van der Waals surface area contributed by atoms with Gasteiger partial charge in [0.25, 0.3) is 20.2 Å². The fourth-order valence-corrected chi connectivity index (χ4v) is 7.86. The predicted molar refractivity (Wildman–Crippen MR) is 223 cm³/mol. The van der Waals surface area contributed by atoms with E-state index < -0.39 is 37.6 Å². The zero-order valence-corrected chi connectivity index (χ0v) is 34.6. The van der Waals surface area contributed by atoms with Gasteiger partial charge < -0.3 is 14.9 Å². The van der Waals surface area contributed by atoms with E-state index in [0.717, 1.165) is 22.9 Å². The molecule has 25 heteroatoms. The summed E-state index contributed by atoms with van der Waals surface area (Å²) < 4.78 is 77.3. The number of aryl methyl sites for hydroxylation is 1. The zero-order valence-electron chi connectivity index (χ0n) is 32.2. The monoisotopic (exact) mass is 918 g/mol. The van der Waals surface area contributed by atoms with E-state index in [2.05, 4.69) is 50.0 Å². The Balaban J connectivity index is 1.13. The molecule has 0 aliphatic rings. The number of methoxy groups -OCH3 is 1. The Kier molecular flexibility index (Phi) is 12.9. The van der Waals surface area contributed by atoms with Crippen LogP contribution in [0.1, 0.15) is 11.3 Å². The smallest absolute Gasteiger partial charge is 0.295 e. The highest BCUT2D eigenvalue weighted by Crippen LogP contribution is 2.43. The number of fused-ring (bicyclic) bond motifs is 2. The second kappa shape index (κ2) is 18.3. The number of phenols is 1. The minimum atomic E-state index is -4.69. The normalized spacial score (nSPS) is 12.5. The number of azo groups is 3. The lowest BCUT2D eigenvalue weighted by Gasteiger charge is -2.09. The lowest BCUT2D eigenvalue weighted by Crippen LogP contribution is -2.01. The number of nitrogens with zero attached hydrogens (tertiary/aromatic N) is 8. The second-order valence-corrected chi connectivity index (χ2v) is 16.6. The number of aromatic hydroxyl groups is 2. The lowest BCUT2D eigenvalue weighted by atomic mass is 10.0. The van der Waals surface area contributed by atoms with Crippen LogP contribution in [0, 0.1) is 6.92 Å². The van der Waals surface area contributed by atoms with Crippen molar-refractivity contribution in [2.75, 3.05) is 7.11 Å². The number of phenolic OH excluding ortho intramolecular Hbond substituents is 1. The average Bonchev–Trinajstić information content (AvgIpc) is 3.57. The SMILES string of the molecule is COc1cc(N=Nc2ccc3cc(SOOO)cc(S(=O)(=O)O)c3c2)ccc1N=Nc1c(C)cc2ccc(N=Nc3c(COO)nn(-c4ccc(S(=O)(=O)O)cc4)c3O)cc2c1O. The Hall–Kier alpha value is -6.78. The van der Waals surface area contributed by atoms with Crippen molar-refractivity contribution in [3.63, 3.8) is 0 Å². The molecule has 7 rings (SSSR count). The minimum Gasteiger partial charge on any atom is -0.505 e. The number of rotatable bonds is 15. The van der Waals surface area contributed by atoms with E-state index in [1.54, 1.807) is 55.5 Å². The van der Waals surface area contributed by atoms with Gasteiger partial charge in [0.2, 0.25) is 5.88 Å². The summed E-state index contributed by atoms with van der Waals surface area (Å²) in [6.45, 7) is 1.23. The van der Waals surface area contributed by atoms with E-state index in [0.29, 0.717) is 39.5 Å². The molecule has 6 aromatic carbocycles. The van der Waals surface area contributed by atoms with E-state index >= 15 is 0 Å². The van der Waals surface area contributed by atoms with Gasteiger partial charge in [-0.15, -0.1) is 19.7 Å². The van der Waals surface area contributed by atoms with Crippen LogP contribution in [-0.2, 0) is 41.1 Å². The third kappa shape index (κ3) is 9.82. The van der Waals surface area contributed by atoms with E-state index in [9.17, 15) is 36.2 Å². The largest absolute Gasteiger partial charge is 0.505 e. The van der Waals surface area contributed by atoms with Gasteiger partial charge in [0.05, 0.1) is 46.8 Å². The molecule has 22 nitrogen and oxygen atoms in total. The molecule has 0 bridgehead atoms. The highest BCUT2D eigenvalue weighted by atomic mass is 32.2. The van der Waals surface area contributed by atoms with Gasteiger partial charge in [0.1, 0.15) is 34.3 Å². The average molecular weight is 919 g/mol. The Morgan fingerprint density at radius 2 is 1.32 bits per heavy atom. The van der Waals surface area contributed by atoms with Gasteiger partial charge in [-0.3, -0.25) is 14.4 Å². The first-order valence-corrected chi connectivity index (χ1v) is 21.2. The minimum absolute atomic E-state index is 0.0364. The van der Waals surface area contributed by atoms with Gasteiger partial charge in [-0.05, 0) is 102 Å². The maximum atomic E-state index is 12.2. The first kappa shape index (κ1) is 44.3. The van der Waals surface area contributed by atoms with Gasteiger partial charge in [-0.25, -0.2) is 10.1 Å². The molecule has 1 aromatic heterocycles. The quantitative estimate of drug-likeness (QED) is 0.0183. The van der Waals surface area contributed by atoms with Crippen LogP contribution < -0.4 is 4.74 Å². The van der Waals surface area contributed by atoms with Crippen LogP contribution in [0.25, 0.3) is 27.2 Å². The van der Waals surface area contributed by atoms with Crippen molar-refractivity contribution < 1.29 is 65.7 Å². The summed E-state index contributed by atoms with van der Waals surface area (Å²) in [5.41, 5.74) is 1.73. The molecule has 0 saturated carbocycles. The van der Waals surface area contributed by atoms with E-state index in [4.69, 9.17) is 15.3 Å². The van der Waals surface area contributed by atoms with Gasteiger partial charge >= 0.3 is 0 Å². The summed E-state index contributed by atoms with van der Waals surface area (Å²) in [5.74, 6) is -0.517. The third-order valence-electron chi connectivity index (χ3n) is 9.03. The van der Waals surface area contributed by atoms with Crippen LogP contribution in [0.15, 0.2) is 142 Å². The first-order valence-electron chi connectivity index (χ1n) is 17.6. The second-order valence-electron chi connectivity index (χ2n) is 13.1. The van der Waals surface area contributed by atoms with Crippen molar-refractivity contribution in [3.05, 3.63) is 108 Å². The van der Waals surface area contributed by atoms with Crippen LogP contribution in [0.3, 0.4) is 0 Å². The standard InChI is InChI=1S/C38H30N8O14S3/c1-20-13-21-3-5-24(41-44-36-32(19-58-49)45-46(38(36)48)26-8-10-28(11-9-26)62(51,52)53)16-30(21)37(47)35(20)43-42-31-12-7-25(17-33(31)57-2)40-39-23-6-4-22-14-27(61-60-59-50)18-34(29(22)15-23)63(54,55)56/h3-18,47-50H,19H2,1-2H3,(H,51,52,53)(H,54,55,56). The molecule has 1 heterocycles. The summed E-state index contributed by atoms with van der Waals surface area (Å²) in [6.07, 6.45) is 0. The summed E-state index contributed by atoms with van der Waals surface area (Å²) >= 11 is 0.523. The third-order valence-corrected chi connectivity index (χ3v) is 11.3. The molecular weight excluding hydrogens is 889 g/mol. The van der Waals surface area contributed by atoms with E-state index in [-0.39, 0.29) is 66.5 Å². The summed E-state index contributed by atoms with van der Waals surface area (Å²) in [4.78, 5) is 3.62. The molecule has 63 heavy (non-hydrogen) atoms. The van der Waals surface area contributed by atoms with Gasteiger partial charge in [0.15, 0.2) is 11.4 Å². The maximum absolute atomic E-state index is 12.2. The molecule has 7 aromatic rings. The Morgan fingerprint density at radius 1 is 0.698 bits per heavy atom. The predicted octanol–water partition coefficient (Wildman–Crippen LogP) is 10.1. The lowest BCUT2D eigenvalue weighted by molar-refractivity contribution is -0.432. The van der Waals surface area contributed by atoms with Crippen LogP contribution in [0.2, 0.25) is 0 Å². The van der Waals surface area contributed by atoms with Crippen LogP contribution in [0.4, 0.5) is 34.1 Å². The van der Waals surface area contributed by atoms with Crippen molar-refractivity contribution in [2.24, 2.45) is 30.7 Å². The molecule has 324 valence electrons. The molecule has 0 unspecified atom stereocenters. The molecule has 6 N–H and O–H groups in total. The molecular formula is C38H30N8O14S3. The topological polar surface area (TPSA) is 319 Å². The molecule has 0 spiro atoms. The van der Waals surface area contributed by atoms with Crippen LogP contribution in [0.5, 0.6) is 17.4 Å². The van der Waals surface area contributed by atoms with Gasteiger partial charge in [0, 0.05) is 21.7 Å². The highest BCUT2D eigenvalue weighted by Gasteiger charge is 2.21. The van der Waals surface area contributed by atoms with Crippen molar-refractivity contribution in [1.29, 1.82) is 0 Å². The van der Waals surface area contributed by atoms with Crippen molar-refractivity contribution in [2.45, 2.75) is 28.2 Å². The van der Waals surface area contributed by atoms with Gasteiger partial charge in [-0.2, -0.15) is 42.0 Å². The van der Waals surface area contributed by atoms with Crippen molar-refractivity contribution in [3.8, 4) is 23.1 Å². The first-order chi connectivity index (χ1) is 30.1. The molecule has 0 radical (unpaired) electrons. The fraction of sp³-hybridized carbons (Fsp3) is 0.0789. The molecule has 0 aliphatic carbocycles. The summed E-state index contributed by atoms with van der Waals surface area (Å²) in [5, 5.41) is 74.5. The highest BCUT2D eigenvalue weighted by molar-refractivity contribution is 7.94. The Labute approximate surface area is 359 Å². The Morgan fingerprint density at radius 3 is 1.95 bits per heavy atom. The van der Waals surface area contributed by atoms with Crippen molar-refractivity contribution >= 4 is 87.9 Å². The Bertz CT molecular complexity index is 3220. The van der Waals surface area contributed by atoms with Crippen LogP contribution >= 0.6 is 12.0 Å². The molecule has 0 amide bonds. The van der Waals surface area contributed by atoms with Crippen molar-refractivity contribution in [1.82, 2.24) is 9.78 Å².